The van der Waals surface area contributed by atoms with Crippen LogP contribution in [0.4, 0.5) is 10.6 Å². The molecule has 0 bridgehead atoms. The first-order valence-corrected chi connectivity index (χ1v) is 8.91. The molecule has 126 valence electrons. The molecular weight excluding hydrogens is 312 g/mol. The summed E-state index contributed by atoms with van der Waals surface area (Å²) in [5, 5.41) is 4.19. The van der Waals surface area contributed by atoms with Gasteiger partial charge in [-0.15, -0.1) is 0 Å². The standard InChI is InChI=1S/C20H20N4O/c25-20(23-19-9-8-13-4-3-7-16(13)22-19)24-11-10-18-15(12-24)14-5-1-2-6-17(14)21-18/h1-2,5-6,8-9,21H,3-4,7,10-12H2,(H,22,23,25). The van der Waals surface area contributed by atoms with Gasteiger partial charge in [0.05, 0.1) is 0 Å². The van der Waals surface area contributed by atoms with Crippen molar-refractivity contribution in [1.29, 1.82) is 0 Å². The Kier molecular flexibility index (Phi) is 3.26. The SMILES string of the molecule is O=C(Nc1ccc2c(n1)CCC2)N1CCc2[nH]c3ccccc3c2C1. The summed E-state index contributed by atoms with van der Waals surface area (Å²) in [7, 11) is 0. The van der Waals surface area contributed by atoms with Crippen LogP contribution in [-0.4, -0.2) is 27.4 Å². The lowest BCUT2D eigenvalue weighted by molar-refractivity contribution is 0.206. The van der Waals surface area contributed by atoms with E-state index in [0.717, 1.165) is 43.4 Å². The number of amides is 2. The molecule has 2 amide bonds. The first kappa shape index (κ1) is 14.5. The highest BCUT2D eigenvalue weighted by atomic mass is 16.2. The minimum Gasteiger partial charge on any atom is -0.358 e. The van der Waals surface area contributed by atoms with Crippen LogP contribution in [0.1, 0.15) is 28.9 Å². The molecule has 5 heteroatoms. The second kappa shape index (κ2) is 5.62. The molecule has 0 fully saturated rings. The quantitative estimate of drug-likeness (QED) is 0.715. The van der Waals surface area contributed by atoms with Crippen LogP contribution in [-0.2, 0) is 25.8 Å². The average Bonchev–Trinajstić information content (AvgIpc) is 3.24. The molecule has 5 rings (SSSR count). The van der Waals surface area contributed by atoms with Crippen molar-refractivity contribution in [3.63, 3.8) is 0 Å². The van der Waals surface area contributed by atoms with Crippen molar-refractivity contribution in [2.75, 3.05) is 11.9 Å². The largest absolute Gasteiger partial charge is 0.358 e. The van der Waals surface area contributed by atoms with Crippen LogP contribution >= 0.6 is 0 Å². The lowest BCUT2D eigenvalue weighted by Crippen LogP contribution is -2.38. The van der Waals surface area contributed by atoms with Gasteiger partial charge in [0.15, 0.2) is 0 Å². The molecule has 0 spiro atoms. The van der Waals surface area contributed by atoms with Gasteiger partial charge in [-0.3, -0.25) is 5.32 Å². The van der Waals surface area contributed by atoms with Crippen molar-refractivity contribution >= 4 is 22.8 Å². The van der Waals surface area contributed by atoms with E-state index < -0.39 is 0 Å². The van der Waals surface area contributed by atoms with E-state index in [1.54, 1.807) is 0 Å². The Morgan fingerprint density at radius 1 is 1.12 bits per heavy atom. The van der Waals surface area contributed by atoms with Crippen LogP contribution < -0.4 is 5.32 Å². The van der Waals surface area contributed by atoms with Gasteiger partial charge in [0.25, 0.3) is 0 Å². The summed E-state index contributed by atoms with van der Waals surface area (Å²) in [6.45, 7) is 1.35. The second-order valence-electron chi connectivity index (χ2n) is 6.89. The van der Waals surface area contributed by atoms with Crippen molar-refractivity contribution < 1.29 is 4.79 Å². The van der Waals surface area contributed by atoms with Crippen LogP contribution in [0.25, 0.3) is 10.9 Å². The highest BCUT2D eigenvalue weighted by Gasteiger charge is 2.24. The van der Waals surface area contributed by atoms with E-state index >= 15 is 0 Å². The third-order valence-electron chi connectivity index (χ3n) is 5.33. The predicted molar refractivity (Wildman–Crippen MR) is 97.7 cm³/mol. The molecule has 2 aliphatic rings. The molecule has 25 heavy (non-hydrogen) atoms. The first-order chi connectivity index (χ1) is 12.3. The van der Waals surface area contributed by atoms with E-state index in [0.29, 0.717) is 12.4 Å². The molecule has 2 N–H and O–H groups in total. The molecule has 5 nitrogen and oxygen atoms in total. The number of H-pyrrole nitrogens is 1. The number of fused-ring (bicyclic) bond motifs is 4. The zero-order chi connectivity index (χ0) is 16.8. The number of carbonyl (C=O) groups excluding carboxylic acids is 1. The number of aromatic nitrogens is 2. The van der Waals surface area contributed by atoms with Gasteiger partial charge >= 0.3 is 6.03 Å². The number of hydrogen-bond acceptors (Lipinski definition) is 2. The van der Waals surface area contributed by atoms with E-state index in [4.69, 9.17) is 0 Å². The monoisotopic (exact) mass is 332 g/mol. The normalized spacial score (nSPS) is 15.9. The van der Waals surface area contributed by atoms with Crippen LogP contribution in [0.3, 0.4) is 0 Å². The van der Waals surface area contributed by atoms with E-state index in [-0.39, 0.29) is 6.03 Å². The number of para-hydroxylation sites is 1. The van der Waals surface area contributed by atoms with Crippen LogP contribution in [0.5, 0.6) is 0 Å². The highest BCUT2D eigenvalue weighted by molar-refractivity contribution is 5.90. The number of carbonyl (C=O) groups is 1. The van der Waals surface area contributed by atoms with Crippen LogP contribution in [0.15, 0.2) is 36.4 Å². The number of benzene rings is 1. The van der Waals surface area contributed by atoms with Gasteiger partial charge in [0.2, 0.25) is 0 Å². The molecule has 0 unspecified atom stereocenters. The van der Waals surface area contributed by atoms with E-state index in [2.05, 4.69) is 33.5 Å². The molecule has 1 aromatic carbocycles. The molecule has 1 aliphatic carbocycles. The van der Waals surface area contributed by atoms with Crippen molar-refractivity contribution in [1.82, 2.24) is 14.9 Å². The Morgan fingerprint density at radius 2 is 2.04 bits per heavy atom. The molecule has 3 heterocycles. The lowest BCUT2D eigenvalue weighted by Gasteiger charge is -2.27. The summed E-state index contributed by atoms with van der Waals surface area (Å²) in [6, 6.07) is 12.2. The number of anilines is 1. The van der Waals surface area contributed by atoms with Gasteiger partial charge in [-0.1, -0.05) is 24.3 Å². The van der Waals surface area contributed by atoms with Crippen molar-refractivity contribution in [3.8, 4) is 0 Å². The van der Waals surface area contributed by atoms with Crippen molar-refractivity contribution in [2.45, 2.75) is 32.2 Å². The minimum absolute atomic E-state index is 0.0682. The summed E-state index contributed by atoms with van der Waals surface area (Å²) >= 11 is 0. The van der Waals surface area contributed by atoms with Gasteiger partial charge in [-0.2, -0.15) is 0 Å². The van der Waals surface area contributed by atoms with Crippen LogP contribution in [0, 0.1) is 0 Å². The first-order valence-electron chi connectivity index (χ1n) is 8.91. The average molecular weight is 332 g/mol. The summed E-state index contributed by atoms with van der Waals surface area (Å²) < 4.78 is 0. The van der Waals surface area contributed by atoms with E-state index in [9.17, 15) is 4.79 Å². The Morgan fingerprint density at radius 3 is 3.00 bits per heavy atom. The van der Waals surface area contributed by atoms with Crippen molar-refractivity contribution in [2.24, 2.45) is 0 Å². The number of rotatable bonds is 1. The van der Waals surface area contributed by atoms with Gasteiger partial charge in [0.1, 0.15) is 5.82 Å². The molecule has 0 saturated heterocycles. The van der Waals surface area contributed by atoms with Crippen molar-refractivity contribution in [3.05, 3.63) is 58.9 Å². The fourth-order valence-corrected chi connectivity index (χ4v) is 4.02. The number of aromatic amines is 1. The fraction of sp³-hybridized carbons (Fsp3) is 0.300. The summed E-state index contributed by atoms with van der Waals surface area (Å²) in [5.74, 6) is 0.662. The summed E-state index contributed by atoms with van der Waals surface area (Å²) in [5.41, 5.74) is 6.09. The zero-order valence-electron chi connectivity index (χ0n) is 14.0. The highest BCUT2D eigenvalue weighted by Crippen LogP contribution is 2.28. The topological polar surface area (TPSA) is 61.0 Å². The molecule has 0 saturated carbocycles. The molecule has 1 aliphatic heterocycles. The fourth-order valence-electron chi connectivity index (χ4n) is 4.02. The minimum atomic E-state index is -0.0682. The maximum atomic E-state index is 12.7. The lowest BCUT2D eigenvalue weighted by atomic mass is 10.0. The molecule has 0 atom stereocenters. The smallest absolute Gasteiger partial charge is 0.323 e. The third kappa shape index (κ3) is 2.47. The molecular formula is C20H20N4O. The molecule has 3 aromatic rings. The van der Waals surface area contributed by atoms with Gasteiger partial charge < -0.3 is 9.88 Å². The Hall–Kier alpha value is -2.82. The van der Waals surface area contributed by atoms with E-state index in [1.165, 1.54) is 22.2 Å². The van der Waals surface area contributed by atoms with Gasteiger partial charge in [-0.25, -0.2) is 9.78 Å². The summed E-state index contributed by atoms with van der Waals surface area (Å²) in [6.07, 6.45) is 4.14. The number of pyridine rings is 1. The van der Waals surface area contributed by atoms with Gasteiger partial charge in [0, 0.05) is 47.4 Å². The maximum absolute atomic E-state index is 12.7. The molecule has 2 aromatic heterocycles. The number of urea groups is 1. The Bertz CT molecular complexity index is 975. The second-order valence-corrected chi connectivity index (χ2v) is 6.89. The number of nitrogens with zero attached hydrogens (tertiary/aromatic N) is 2. The summed E-state index contributed by atoms with van der Waals surface area (Å²) in [4.78, 5) is 22.7. The number of hydrogen-bond donors (Lipinski definition) is 2. The Balaban J connectivity index is 1.36. The van der Waals surface area contributed by atoms with Crippen LogP contribution in [0.2, 0.25) is 0 Å². The van der Waals surface area contributed by atoms with E-state index in [1.807, 2.05) is 23.1 Å². The third-order valence-corrected chi connectivity index (χ3v) is 5.33. The number of aryl methyl sites for hydroxylation is 2. The predicted octanol–water partition coefficient (Wildman–Crippen LogP) is 3.64. The zero-order valence-corrected chi connectivity index (χ0v) is 14.0. The maximum Gasteiger partial charge on any atom is 0.323 e. The Labute approximate surface area is 146 Å². The van der Waals surface area contributed by atoms with Gasteiger partial charge in [-0.05, 0) is 37.0 Å². The molecule has 0 radical (unpaired) electrons. The number of nitrogens with one attached hydrogen (secondary N) is 2.